The van der Waals surface area contributed by atoms with Gasteiger partial charge in [0.15, 0.2) is 0 Å². The molecule has 20 heavy (non-hydrogen) atoms. The molecule has 0 amide bonds. The maximum atomic E-state index is 6.04. The summed E-state index contributed by atoms with van der Waals surface area (Å²) < 4.78 is 12.1. The Morgan fingerprint density at radius 1 is 1.20 bits per heavy atom. The topological polar surface area (TPSA) is 56.8 Å². The molecule has 1 heterocycles. The summed E-state index contributed by atoms with van der Waals surface area (Å²) in [5.41, 5.74) is 7.87. The summed E-state index contributed by atoms with van der Waals surface area (Å²) in [4.78, 5) is 4.24. The Kier molecular flexibility index (Phi) is 3.94. The Balaban J connectivity index is 2.29. The zero-order valence-corrected chi connectivity index (χ0v) is 12.9. The standard InChI is InChI=1S/C15H23BN2O2/c1-6-18-10-11-9-12(7-8-13(11)17)16-19-14(2,3)15(4,5)20-16/h7-10H,6,17H2,1-5H3. The minimum absolute atomic E-state index is 0.337. The van der Waals surface area contributed by atoms with E-state index in [0.717, 1.165) is 17.6 Å². The van der Waals surface area contributed by atoms with Gasteiger partial charge in [-0.15, -0.1) is 0 Å². The van der Waals surface area contributed by atoms with Gasteiger partial charge in [0.2, 0.25) is 0 Å². The van der Waals surface area contributed by atoms with Gasteiger partial charge < -0.3 is 15.0 Å². The van der Waals surface area contributed by atoms with E-state index < -0.39 is 0 Å². The fraction of sp³-hybridized carbons (Fsp3) is 0.533. The van der Waals surface area contributed by atoms with E-state index in [1.807, 2.05) is 52.8 Å². The van der Waals surface area contributed by atoms with Crippen LogP contribution in [-0.2, 0) is 9.31 Å². The van der Waals surface area contributed by atoms with Crippen LogP contribution in [0, 0.1) is 0 Å². The lowest BCUT2D eigenvalue weighted by Crippen LogP contribution is -2.41. The summed E-state index contributed by atoms with van der Waals surface area (Å²) in [6.07, 6.45) is 1.80. The molecule has 1 fully saturated rings. The van der Waals surface area contributed by atoms with E-state index in [4.69, 9.17) is 15.0 Å². The number of anilines is 1. The largest absolute Gasteiger partial charge is 0.494 e. The van der Waals surface area contributed by atoms with E-state index in [1.54, 1.807) is 6.21 Å². The van der Waals surface area contributed by atoms with Crippen molar-refractivity contribution in [2.45, 2.75) is 45.8 Å². The predicted molar refractivity (Wildman–Crippen MR) is 84.7 cm³/mol. The Labute approximate surface area is 121 Å². The van der Waals surface area contributed by atoms with Gasteiger partial charge in [-0.25, -0.2) is 0 Å². The van der Waals surface area contributed by atoms with Crippen LogP contribution in [0.4, 0.5) is 5.69 Å². The van der Waals surface area contributed by atoms with E-state index in [-0.39, 0.29) is 18.3 Å². The van der Waals surface area contributed by atoms with Crippen LogP contribution in [0.1, 0.15) is 40.2 Å². The van der Waals surface area contributed by atoms with E-state index in [9.17, 15) is 0 Å². The van der Waals surface area contributed by atoms with Gasteiger partial charge in [0.1, 0.15) is 0 Å². The number of benzene rings is 1. The second kappa shape index (κ2) is 5.22. The molecule has 0 aromatic heterocycles. The summed E-state index contributed by atoms with van der Waals surface area (Å²) in [6, 6.07) is 5.80. The van der Waals surface area contributed by atoms with Crippen LogP contribution in [0.2, 0.25) is 0 Å². The van der Waals surface area contributed by atoms with Crippen LogP contribution in [0.25, 0.3) is 0 Å². The molecule has 1 aromatic rings. The van der Waals surface area contributed by atoms with Crippen molar-refractivity contribution in [1.82, 2.24) is 0 Å². The molecule has 0 aliphatic carbocycles. The number of aliphatic imine (C=N–C) groups is 1. The van der Waals surface area contributed by atoms with Crippen molar-refractivity contribution in [3.05, 3.63) is 23.8 Å². The maximum absolute atomic E-state index is 6.04. The molecule has 0 radical (unpaired) electrons. The number of nitrogen functional groups attached to an aromatic ring is 1. The Morgan fingerprint density at radius 3 is 2.35 bits per heavy atom. The van der Waals surface area contributed by atoms with Crippen LogP contribution >= 0.6 is 0 Å². The number of hydrogen-bond acceptors (Lipinski definition) is 4. The van der Waals surface area contributed by atoms with E-state index in [1.165, 1.54) is 0 Å². The third-order valence-electron chi connectivity index (χ3n) is 4.05. The fourth-order valence-corrected chi connectivity index (χ4v) is 2.02. The number of rotatable bonds is 3. The van der Waals surface area contributed by atoms with Gasteiger partial charge >= 0.3 is 7.12 Å². The van der Waals surface area contributed by atoms with Gasteiger partial charge in [-0.2, -0.15) is 0 Å². The van der Waals surface area contributed by atoms with Gasteiger partial charge in [0, 0.05) is 24.0 Å². The van der Waals surface area contributed by atoms with Crippen molar-refractivity contribution in [1.29, 1.82) is 0 Å². The monoisotopic (exact) mass is 274 g/mol. The molecular formula is C15H23BN2O2. The molecule has 1 aromatic carbocycles. The van der Waals surface area contributed by atoms with Crippen LogP contribution in [-0.4, -0.2) is 31.1 Å². The highest BCUT2D eigenvalue weighted by molar-refractivity contribution is 6.62. The minimum atomic E-state index is -0.366. The highest BCUT2D eigenvalue weighted by Crippen LogP contribution is 2.36. The maximum Gasteiger partial charge on any atom is 0.494 e. The van der Waals surface area contributed by atoms with Gasteiger partial charge in [-0.05, 0) is 46.1 Å². The van der Waals surface area contributed by atoms with E-state index in [0.29, 0.717) is 5.69 Å². The van der Waals surface area contributed by atoms with E-state index in [2.05, 4.69) is 4.99 Å². The Morgan fingerprint density at radius 2 is 1.80 bits per heavy atom. The van der Waals surface area contributed by atoms with Crippen molar-refractivity contribution >= 4 is 24.5 Å². The van der Waals surface area contributed by atoms with Crippen molar-refractivity contribution < 1.29 is 9.31 Å². The molecule has 2 N–H and O–H groups in total. The van der Waals surface area contributed by atoms with Crippen LogP contribution in [0.3, 0.4) is 0 Å². The molecule has 2 rings (SSSR count). The molecule has 1 aliphatic heterocycles. The number of nitrogens with two attached hydrogens (primary N) is 1. The minimum Gasteiger partial charge on any atom is -0.399 e. The first-order valence-electron chi connectivity index (χ1n) is 7.02. The lowest BCUT2D eigenvalue weighted by atomic mass is 9.78. The van der Waals surface area contributed by atoms with Gasteiger partial charge in [-0.1, -0.05) is 12.1 Å². The van der Waals surface area contributed by atoms with Gasteiger partial charge in [-0.3, -0.25) is 4.99 Å². The highest BCUT2D eigenvalue weighted by Gasteiger charge is 2.51. The second-order valence-electron chi connectivity index (χ2n) is 6.10. The van der Waals surface area contributed by atoms with Crippen molar-refractivity contribution in [3.63, 3.8) is 0 Å². The smallest absolute Gasteiger partial charge is 0.399 e. The van der Waals surface area contributed by atoms with Gasteiger partial charge in [0.25, 0.3) is 0 Å². The lowest BCUT2D eigenvalue weighted by molar-refractivity contribution is 0.00578. The summed E-state index contributed by atoms with van der Waals surface area (Å²) in [5, 5.41) is 0. The molecule has 1 saturated heterocycles. The first-order valence-corrected chi connectivity index (χ1v) is 7.02. The molecule has 0 bridgehead atoms. The molecule has 0 spiro atoms. The quantitative estimate of drug-likeness (QED) is 0.521. The second-order valence-corrected chi connectivity index (χ2v) is 6.10. The van der Waals surface area contributed by atoms with Crippen molar-refractivity contribution in [3.8, 4) is 0 Å². The molecule has 5 heteroatoms. The zero-order chi connectivity index (χ0) is 15.0. The SMILES string of the molecule is CCN=Cc1cc(B2OC(C)(C)C(C)(C)O2)ccc1N. The molecular weight excluding hydrogens is 251 g/mol. The fourth-order valence-electron chi connectivity index (χ4n) is 2.02. The van der Waals surface area contributed by atoms with Crippen LogP contribution in [0.5, 0.6) is 0 Å². The highest BCUT2D eigenvalue weighted by atomic mass is 16.7. The Bertz CT molecular complexity index is 511. The summed E-state index contributed by atoms with van der Waals surface area (Å²) >= 11 is 0. The van der Waals surface area contributed by atoms with Crippen LogP contribution < -0.4 is 11.2 Å². The molecule has 0 atom stereocenters. The predicted octanol–water partition coefficient (Wildman–Crippen LogP) is 2.01. The summed E-state index contributed by atoms with van der Waals surface area (Å²) in [7, 11) is -0.366. The van der Waals surface area contributed by atoms with Crippen molar-refractivity contribution in [2.24, 2.45) is 4.99 Å². The van der Waals surface area contributed by atoms with Crippen LogP contribution in [0.15, 0.2) is 23.2 Å². The van der Waals surface area contributed by atoms with Gasteiger partial charge in [0.05, 0.1) is 11.2 Å². The van der Waals surface area contributed by atoms with Crippen molar-refractivity contribution in [2.75, 3.05) is 12.3 Å². The first kappa shape index (κ1) is 15.1. The zero-order valence-electron chi connectivity index (χ0n) is 12.9. The number of hydrogen-bond donors (Lipinski definition) is 1. The molecule has 0 saturated carbocycles. The van der Waals surface area contributed by atoms with E-state index >= 15 is 0 Å². The lowest BCUT2D eigenvalue weighted by Gasteiger charge is -2.32. The number of nitrogens with zero attached hydrogens (tertiary/aromatic N) is 1. The average Bonchev–Trinajstić information content (AvgIpc) is 2.57. The third kappa shape index (κ3) is 2.74. The summed E-state index contributed by atoms with van der Waals surface area (Å²) in [5.74, 6) is 0. The summed E-state index contributed by atoms with van der Waals surface area (Å²) in [6.45, 7) is 10.9. The molecule has 0 unspecified atom stereocenters. The third-order valence-corrected chi connectivity index (χ3v) is 4.05. The molecule has 108 valence electrons. The average molecular weight is 274 g/mol. The molecule has 4 nitrogen and oxygen atoms in total. The first-order chi connectivity index (χ1) is 9.27. The Hall–Kier alpha value is -1.33. The normalized spacial score (nSPS) is 20.8. The molecule has 1 aliphatic rings.